The van der Waals surface area contributed by atoms with E-state index in [4.69, 9.17) is 0 Å². The third-order valence-electron chi connectivity index (χ3n) is 2.70. The molecule has 0 amide bonds. The average molecular weight is 231 g/mol. The van der Waals surface area contributed by atoms with Gasteiger partial charge in [0.25, 0.3) is 0 Å². The fraction of sp³-hybridized carbons (Fsp3) is 0.385. The summed E-state index contributed by atoms with van der Waals surface area (Å²) in [6.45, 7) is 0. The standard InChI is InChI=1S/C13H17N3O/c1-16-10-12(14-15-16)9-13(17)8-7-11-5-3-2-4-6-11/h2-6,10,13,17H,7-9H2,1H3. The van der Waals surface area contributed by atoms with Gasteiger partial charge >= 0.3 is 0 Å². The molecule has 4 nitrogen and oxygen atoms in total. The van der Waals surface area contributed by atoms with Gasteiger partial charge in [-0.15, -0.1) is 5.10 Å². The molecule has 1 aromatic heterocycles. The number of aromatic nitrogens is 3. The Morgan fingerprint density at radius 3 is 2.71 bits per heavy atom. The Hall–Kier alpha value is -1.68. The molecule has 0 aliphatic heterocycles. The molecule has 17 heavy (non-hydrogen) atoms. The number of nitrogens with zero attached hydrogens (tertiary/aromatic N) is 3. The van der Waals surface area contributed by atoms with Crippen LogP contribution in [0, 0.1) is 0 Å². The number of hydrogen-bond donors (Lipinski definition) is 1. The first-order chi connectivity index (χ1) is 8.24. The average Bonchev–Trinajstić information content (AvgIpc) is 2.73. The van der Waals surface area contributed by atoms with E-state index >= 15 is 0 Å². The second-order valence-electron chi connectivity index (χ2n) is 4.27. The number of aryl methyl sites for hydroxylation is 2. The third kappa shape index (κ3) is 3.67. The summed E-state index contributed by atoms with van der Waals surface area (Å²) >= 11 is 0. The molecule has 2 aromatic rings. The fourth-order valence-corrected chi connectivity index (χ4v) is 1.81. The minimum absolute atomic E-state index is 0.355. The van der Waals surface area contributed by atoms with Gasteiger partial charge in [-0.05, 0) is 18.4 Å². The van der Waals surface area contributed by atoms with Gasteiger partial charge in [0.1, 0.15) is 0 Å². The Bertz CT molecular complexity index is 453. The lowest BCUT2D eigenvalue weighted by molar-refractivity contribution is 0.164. The van der Waals surface area contributed by atoms with E-state index in [0.29, 0.717) is 6.42 Å². The van der Waals surface area contributed by atoms with Crippen molar-refractivity contribution in [2.75, 3.05) is 0 Å². The minimum Gasteiger partial charge on any atom is -0.393 e. The Kier molecular flexibility index (Phi) is 3.88. The van der Waals surface area contributed by atoms with Crippen LogP contribution in [0.25, 0.3) is 0 Å². The number of aliphatic hydroxyl groups excluding tert-OH is 1. The topological polar surface area (TPSA) is 50.9 Å². The van der Waals surface area contributed by atoms with Crippen molar-refractivity contribution in [3.63, 3.8) is 0 Å². The second kappa shape index (κ2) is 5.59. The maximum absolute atomic E-state index is 9.90. The molecule has 0 radical (unpaired) electrons. The lowest BCUT2D eigenvalue weighted by atomic mass is 10.0. The van der Waals surface area contributed by atoms with Gasteiger partial charge in [-0.25, -0.2) is 0 Å². The predicted molar refractivity (Wildman–Crippen MR) is 65.5 cm³/mol. The van der Waals surface area contributed by atoms with Crippen molar-refractivity contribution in [3.8, 4) is 0 Å². The van der Waals surface area contributed by atoms with Crippen molar-refractivity contribution in [3.05, 3.63) is 47.8 Å². The molecular weight excluding hydrogens is 214 g/mol. The summed E-state index contributed by atoms with van der Waals surface area (Å²) in [7, 11) is 1.83. The monoisotopic (exact) mass is 231 g/mol. The highest BCUT2D eigenvalue weighted by Crippen LogP contribution is 2.08. The van der Waals surface area contributed by atoms with Crippen LogP contribution in [0.15, 0.2) is 36.5 Å². The Labute approximate surface area is 101 Å². The molecule has 1 N–H and O–H groups in total. The van der Waals surface area contributed by atoms with Crippen LogP contribution in [0.3, 0.4) is 0 Å². The molecule has 0 saturated carbocycles. The van der Waals surface area contributed by atoms with E-state index in [1.165, 1.54) is 5.56 Å². The minimum atomic E-state index is -0.355. The molecule has 1 unspecified atom stereocenters. The lowest BCUT2D eigenvalue weighted by Crippen LogP contribution is -2.12. The molecule has 0 fully saturated rings. The highest BCUT2D eigenvalue weighted by molar-refractivity contribution is 5.14. The molecule has 90 valence electrons. The van der Waals surface area contributed by atoms with Crippen molar-refractivity contribution in [1.82, 2.24) is 15.0 Å². The van der Waals surface area contributed by atoms with E-state index in [0.717, 1.165) is 18.5 Å². The highest BCUT2D eigenvalue weighted by atomic mass is 16.3. The van der Waals surface area contributed by atoms with Gasteiger partial charge in [0.05, 0.1) is 11.8 Å². The van der Waals surface area contributed by atoms with Crippen molar-refractivity contribution >= 4 is 0 Å². The maximum Gasteiger partial charge on any atom is 0.0852 e. The maximum atomic E-state index is 9.90. The summed E-state index contributed by atoms with van der Waals surface area (Å²) in [6.07, 6.45) is 3.70. The number of rotatable bonds is 5. The van der Waals surface area contributed by atoms with Crippen LogP contribution in [0.5, 0.6) is 0 Å². The zero-order valence-electron chi connectivity index (χ0n) is 9.95. The number of aliphatic hydroxyl groups is 1. The van der Waals surface area contributed by atoms with Crippen LogP contribution in [0.2, 0.25) is 0 Å². The Morgan fingerprint density at radius 1 is 1.29 bits per heavy atom. The van der Waals surface area contributed by atoms with Gasteiger partial charge in [0.2, 0.25) is 0 Å². The zero-order valence-corrected chi connectivity index (χ0v) is 9.95. The third-order valence-corrected chi connectivity index (χ3v) is 2.70. The first kappa shape index (κ1) is 11.8. The van der Waals surface area contributed by atoms with Crippen molar-refractivity contribution in [2.45, 2.75) is 25.4 Å². The molecule has 1 atom stereocenters. The van der Waals surface area contributed by atoms with E-state index in [1.54, 1.807) is 4.68 Å². The second-order valence-corrected chi connectivity index (χ2v) is 4.27. The van der Waals surface area contributed by atoms with Gasteiger partial charge < -0.3 is 5.11 Å². The van der Waals surface area contributed by atoms with Gasteiger partial charge in [0.15, 0.2) is 0 Å². The lowest BCUT2D eigenvalue weighted by Gasteiger charge is -2.08. The number of hydrogen-bond acceptors (Lipinski definition) is 3. The fourth-order valence-electron chi connectivity index (χ4n) is 1.81. The van der Waals surface area contributed by atoms with Crippen LogP contribution in [0.1, 0.15) is 17.7 Å². The van der Waals surface area contributed by atoms with Gasteiger partial charge in [-0.1, -0.05) is 35.5 Å². The summed E-state index contributed by atoms with van der Waals surface area (Å²) in [5.41, 5.74) is 2.10. The van der Waals surface area contributed by atoms with Crippen LogP contribution >= 0.6 is 0 Å². The summed E-state index contributed by atoms with van der Waals surface area (Å²) < 4.78 is 1.65. The molecule has 0 bridgehead atoms. The van der Waals surface area contributed by atoms with E-state index in [1.807, 2.05) is 31.4 Å². The summed E-state index contributed by atoms with van der Waals surface area (Å²) in [5.74, 6) is 0. The highest BCUT2D eigenvalue weighted by Gasteiger charge is 2.08. The molecule has 4 heteroatoms. The summed E-state index contributed by atoms with van der Waals surface area (Å²) in [6, 6.07) is 10.2. The normalized spacial score (nSPS) is 12.6. The molecule has 1 aromatic carbocycles. The molecular formula is C13H17N3O. The summed E-state index contributed by atoms with van der Waals surface area (Å²) in [4.78, 5) is 0. The van der Waals surface area contributed by atoms with Gasteiger partial charge in [-0.2, -0.15) is 0 Å². The van der Waals surface area contributed by atoms with Gasteiger partial charge in [-0.3, -0.25) is 4.68 Å². The van der Waals surface area contributed by atoms with E-state index in [-0.39, 0.29) is 6.10 Å². The van der Waals surface area contributed by atoms with Crippen LogP contribution in [-0.2, 0) is 19.9 Å². The zero-order chi connectivity index (χ0) is 12.1. The van der Waals surface area contributed by atoms with Crippen LogP contribution in [-0.4, -0.2) is 26.2 Å². The van der Waals surface area contributed by atoms with Crippen molar-refractivity contribution < 1.29 is 5.11 Å². The van der Waals surface area contributed by atoms with E-state index in [9.17, 15) is 5.11 Å². The smallest absolute Gasteiger partial charge is 0.0852 e. The molecule has 0 saturated heterocycles. The predicted octanol–water partition coefficient (Wildman–Crippen LogP) is 1.35. The SMILES string of the molecule is Cn1cc(CC(O)CCc2ccccc2)nn1. The van der Waals surface area contributed by atoms with Crippen LogP contribution < -0.4 is 0 Å². The molecule has 1 heterocycles. The first-order valence-electron chi connectivity index (χ1n) is 5.81. The number of benzene rings is 1. The van der Waals surface area contributed by atoms with Crippen LogP contribution in [0.4, 0.5) is 0 Å². The van der Waals surface area contributed by atoms with E-state index < -0.39 is 0 Å². The van der Waals surface area contributed by atoms with Crippen molar-refractivity contribution in [2.24, 2.45) is 7.05 Å². The summed E-state index contributed by atoms with van der Waals surface area (Å²) in [5, 5.41) is 17.7. The van der Waals surface area contributed by atoms with E-state index in [2.05, 4.69) is 22.4 Å². The molecule has 2 rings (SSSR count). The van der Waals surface area contributed by atoms with Crippen molar-refractivity contribution in [1.29, 1.82) is 0 Å². The largest absolute Gasteiger partial charge is 0.393 e. The Morgan fingerprint density at radius 2 is 2.06 bits per heavy atom. The quantitative estimate of drug-likeness (QED) is 0.845. The van der Waals surface area contributed by atoms with Gasteiger partial charge in [0, 0.05) is 19.7 Å². The molecule has 0 spiro atoms. The molecule has 0 aliphatic carbocycles. The Balaban J connectivity index is 1.80. The molecule has 0 aliphatic rings. The first-order valence-corrected chi connectivity index (χ1v) is 5.81.